The zero-order valence-electron chi connectivity index (χ0n) is 15.7. The van der Waals surface area contributed by atoms with E-state index in [1.807, 2.05) is 24.3 Å². The molecule has 0 amide bonds. The lowest BCUT2D eigenvalue weighted by molar-refractivity contribution is 0.218. The molecule has 28 heavy (non-hydrogen) atoms. The second kappa shape index (κ2) is 6.62. The number of nitrogens with zero attached hydrogens (tertiary/aromatic N) is 1. The predicted octanol–water partition coefficient (Wildman–Crippen LogP) is 3.09. The van der Waals surface area contributed by atoms with Crippen LogP contribution in [0, 0.1) is 6.92 Å². The first kappa shape index (κ1) is 17.7. The van der Waals surface area contributed by atoms with E-state index in [0.29, 0.717) is 22.7 Å². The van der Waals surface area contributed by atoms with E-state index >= 15 is 0 Å². The topological polar surface area (TPSA) is 74.6 Å². The Morgan fingerprint density at radius 3 is 2.86 bits per heavy atom. The molecular formula is C21H23N3O3S. The molecule has 0 radical (unpaired) electrons. The standard InChI is InChI=1S/C21H23N3O3S/c1-14-4-2-3-5-20(14)28(25,26)23-17-8-15-6-7-27-21(15)16(9-17)12-24-13-18-10-19(24)11-22-18/h2-9,18-19,22-23H,10-13H2,1H3. The summed E-state index contributed by atoms with van der Waals surface area (Å²) in [6, 6.07) is 13.7. The highest BCUT2D eigenvalue weighted by atomic mass is 32.2. The SMILES string of the molecule is Cc1ccccc1S(=O)(=O)Nc1cc(CN2CC3CC2CN3)c2occc2c1. The zero-order valence-corrected chi connectivity index (χ0v) is 16.5. The number of aryl methyl sites for hydroxylation is 1. The fourth-order valence-electron chi connectivity index (χ4n) is 4.46. The van der Waals surface area contributed by atoms with Gasteiger partial charge < -0.3 is 9.73 Å². The van der Waals surface area contributed by atoms with Crippen molar-refractivity contribution < 1.29 is 12.8 Å². The second-order valence-electron chi connectivity index (χ2n) is 7.77. The number of hydrogen-bond acceptors (Lipinski definition) is 5. The largest absolute Gasteiger partial charge is 0.464 e. The molecule has 6 nitrogen and oxygen atoms in total. The molecule has 146 valence electrons. The Labute approximate surface area is 164 Å². The number of furan rings is 1. The van der Waals surface area contributed by atoms with Crippen LogP contribution in [0.25, 0.3) is 11.0 Å². The van der Waals surface area contributed by atoms with Crippen LogP contribution >= 0.6 is 0 Å². The number of piperazine rings is 1. The van der Waals surface area contributed by atoms with Crippen molar-refractivity contribution in [3.63, 3.8) is 0 Å². The summed E-state index contributed by atoms with van der Waals surface area (Å²) in [5.74, 6) is 0. The minimum Gasteiger partial charge on any atom is -0.464 e. The Balaban J connectivity index is 1.48. The molecule has 2 aliphatic rings. The Hall–Kier alpha value is -2.35. The lowest BCUT2D eigenvalue weighted by Gasteiger charge is -2.27. The van der Waals surface area contributed by atoms with Crippen molar-refractivity contribution in [2.45, 2.75) is 36.9 Å². The molecule has 0 saturated carbocycles. The third kappa shape index (κ3) is 3.09. The minimum atomic E-state index is -3.65. The Bertz CT molecular complexity index is 1140. The highest BCUT2D eigenvalue weighted by Gasteiger charge is 2.37. The van der Waals surface area contributed by atoms with Crippen molar-refractivity contribution in [1.82, 2.24) is 10.2 Å². The maximum atomic E-state index is 12.9. The van der Waals surface area contributed by atoms with Crippen molar-refractivity contribution in [3.05, 3.63) is 59.9 Å². The van der Waals surface area contributed by atoms with Crippen LogP contribution in [-0.2, 0) is 16.6 Å². The highest BCUT2D eigenvalue weighted by molar-refractivity contribution is 7.92. The second-order valence-corrected chi connectivity index (χ2v) is 9.42. The molecule has 2 N–H and O–H groups in total. The number of hydrogen-bond donors (Lipinski definition) is 2. The summed E-state index contributed by atoms with van der Waals surface area (Å²) in [4.78, 5) is 2.75. The molecule has 7 heteroatoms. The number of benzene rings is 2. The van der Waals surface area contributed by atoms with Crippen LogP contribution in [0.5, 0.6) is 0 Å². The summed E-state index contributed by atoms with van der Waals surface area (Å²) in [5.41, 5.74) is 3.13. The Morgan fingerprint density at radius 1 is 1.25 bits per heavy atom. The van der Waals surface area contributed by atoms with Crippen LogP contribution in [0.1, 0.15) is 17.5 Å². The van der Waals surface area contributed by atoms with Crippen molar-refractivity contribution >= 4 is 26.7 Å². The van der Waals surface area contributed by atoms with Crippen molar-refractivity contribution in [2.75, 3.05) is 17.8 Å². The van der Waals surface area contributed by atoms with Crippen LogP contribution in [0.2, 0.25) is 0 Å². The fraction of sp³-hybridized carbons (Fsp3) is 0.333. The van der Waals surface area contributed by atoms with Gasteiger partial charge in [0.2, 0.25) is 0 Å². The molecule has 0 spiro atoms. The number of nitrogens with one attached hydrogen (secondary N) is 2. The number of rotatable bonds is 5. The third-order valence-electron chi connectivity index (χ3n) is 5.81. The third-order valence-corrected chi connectivity index (χ3v) is 7.35. The normalized spacial score (nSPS) is 22.2. The molecule has 2 fully saturated rings. The van der Waals surface area contributed by atoms with Gasteiger partial charge >= 0.3 is 0 Å². The van der Waals surface area contributed by atoms with Gasteiger partial charge in [-0.3, -0.25) is 9.62 Å². The molecule has 1 aromatic heterocycles. The molecule has 2 atom stereocenters. The monoisotopic (exact) mass is 397 g/mol. The van der Waals surface area contributed by atoms with Gasteiger partial charge in [-0.2, -0.15) is 0 Å². The molecule has 3 aromatic rings. The van der Waals surface area contributed by atoms with E-state index in [2.05, 4.69) is 14.9 Å². The molecule has 2 saturated heterocycles. The van der Waals surface area contributed by atoms with Crippen LogP contribution in [0.4, 0.5) is 5.69 Å². The lowest BCUT2D eigenvalue weighted by atomic mass is 10.1. The van der Waals surface area contributed by atoms with Gasteiger partial charge in [-0.1, -0.05) is 18.2 Å². The van der Waals surface area contributed by atoms with E-state index in [9.17, 15) is 8.42 Å². The summed E-state index contributed by atoms with van der Waals surface area (Å²) in [6.07, 6.45) is 2.84. The van der Waals surface area contributed by atoms with E-state index in [1.54, 1.807) is 31.4 Å². The molecule has 0 aliphatic carbocycles. The summed E-state index contributed by atoms with van der Waals surface area (Å²) >= 11 is 0. The van der Waals surface area contributed by atoms with Gasteiger partial charge in [-0.15, -0.1) is 0 Å². The van der Waals surface area contributed by atoms with E-state index in [1.165, 1.54) is 6.42 Å². The quantitative estimate of drug-likeness (QED) is 0.692. The first-order valence-corrected chi connectivity index (χ1v) is 11.0. The average Bonchev–Trinajstić information content (AvgIpc) is 3.38. The van der Waals surface area contributed by atoms with E-state index < -0.39 is 10.0 Å². The molecule has 2 unspecified atom stereocenters. The van der Waals surface area contributed by atoms with Gasteiger partial charge in [0.1, 0.15) is 5.58 Å². The summed E-state index contributed by atoms with van der Waals surface area (Å²) in [6.45, 7) is 4.60. The molecular weight excluding hydrogens is 374 g/mol. The van der Waals surface area contributed by atoms with Crippen molar-refractivity contribution in [1.29, 1.82) is 0 Å². The Kier molecular flexibility index (Phi) is 4.19. The number of anilines is 1. The molecule has 2 bridgehead atoms. The summed E-state index contributed by atoms with van der Waals surface area (Å²) in [7, 11) is -3.65. The van der Waals surface area contributed by atoms with Crippen molar-refractivity contribution in [2.24, 2.45) is 0 Å². The zero-order chi connectivity index (χ0) is 19.3. The highest BCUT2D eigenvalue weighted by Crippen LogP contribution is 2.31. The maximum absolute atomic E-state index is 12.9. The average molecular weight is 398 g/mol. The first-order chi connectivity index (χ1) is 13.5. The van der Waals surface area contributed by atoms with E-state index in [-0.39, 0.29) is 0 Å². The van der Waals surface area contributed by atoms with Crippen LogP contribution in [0.3, 0.4) is 0 Å². The van der Waals surface area contributed by atoms with Crippen LogP contribution in [0.15, 0.2) is 58.0 Å². The summed E-state index contributed by atoms with van der Waals surface area (Å²) in [5, 5.41) is 4.42. The fourth-order valence-corrected chi connectivity index (χ4v) is 5.75. The minimum absolute atomic E-state index is 0.298. The number of sulfonamides is 1. The van der Waals surface area contributed by atoms with Gasteiger partial charge in [0.05, 0.1) is 16.8 Å². The van der Waals surface area contributed by atoms with Gasteiger partial charge in [-0.25, -0.2) is 8.42 Å². The molecule has 2 aliphatic heterocycles. The van der Waals surface area contributed by atoms with E-state index in [0.717, 1.165) is 41.7 Å². The van der Waals surface area contributed by atoms with Crippen molar-refractivity contribution in [3.8, 4) is 0 Å². The predicted molar refractivity (Wildman–Crippen MR) is 109 cm³/mol. The number of likely N-dealkylation sites (tertiary alicyclic amines) is 1. The van der Waals surface area contributed by atoms with Gasteiger partial charge in [0.25, 0.3) is 10.0 Å². The van der Waals surface area contributed by atoms with Crippen LogP contribution < -0.4 is 10.0 Å². The van der Waals surface area contributed by atoms with Crippen LogP contribution in [-0.4, -0.2) is 38.5 Å². The summed E-state index contributed by atoms with van der Waals surface area (Å²) < 4.78 is 34.3. The smallest absolute Gasteiger partial charge is 0.262 e. The first-order valence-electron chi connectivity index (χ1n) is 9.55. The lowest BCUT2D eigenvalue weighted by Crippen LogP contribution is -2.42. The van der Waals surface area contributed by atoms with Gasteiger partial charge in [-0.05, 0) is 43.2 Å². The Morgan fingerprint density at radius 2 is 2.11 bits per heavy atom. The van der Waals surface area contributed by atoms with Gasteiger partial charge in [0, 0.05) is 42.7 Å². The van der Waals surface area contributed by atoms with E-state index in [4.69, 9.17) is 4.42 Å². The molecule has 5 rings (SSSR count). The van der Waals surface area contributed by atoms with Gasteiger partial charge in [0.15, 0.2) is 0 Å². The number of fused-ring (bicyclic) bond motifs is 3. The molecule has 3 heterocycles. The molecule has 2 aromatic carbocycles. The maximum Gasteiger partial charge on any atom is 0.262 e.